The highest BCUT2D eigenvalue weighted by atomic mass is 16.5. The van der Waals surface area contributed by atoms with Crippen molar-refractivity contribution in [2.75, 3.05) is 18.5 Å². The Labute approximate surface area is 151 Å². The first-order chi connectivity index (χ1) is 12.4. The molecule has 2 N–H and O–H groups in total. The van der Waals surface area contributed by atoms with Gasteiger partial charge in [-0.05, 0) is 25.0 Å². The fraction of sp³-hybridized carbons (Fsp3) is 0.444. The summed E-state index contributed by atoms with van der Waals surface area (Å²) in [5.74, 6) is -2.16. The number of carbonyl (C=O) groups excluding carboxylic acids is 4. The number of hydrogen-bond acceptors (Lipinski definition) is 5. The van der Waals surface area contributed by atoms with Crippen LogP contribution in [0.3, 0.4) is 0 Å². The van der Waals surface area contributed by atoms with E-state index in [1.807, 2.05) is 36.5 Å². The number of hydrogen-bond donors (Lipinski definition) is 2. The van der Waals surface area contributed by atoms with E-state index in [4.69, 9.17) is 4.74 Å². The molecule has 8 nitrogen and oxygen atoms in total. The molecule has 0 bridgehead atoms. The van der Waals surface area contributed by atoms with E-state index in [0.717, 1.165) is 17.7 Å². The van der Waals surface area contributed by atoms with E-state index in [2.05, 4.69) is 5.32 Å². The van der Waals surface area contributed by atoms with Gasteiger partial charge in [0.15, 0.2) is 6.10 Å². The van der Waals surface area contributed by atoms with Crippen LogP contribution in [0.4, 0.5) is 10.5 Å². The molecule has 0 saturated carbocycles. The Balaban J connectivity index is 2.00. The highest BCUT2D eigenvalue weighted by Crippen LogP contribution is 2.29. The van der Waals surface area contributed by atoms with Crippen molar-refractivity contribution in [3.05, 3.63) is 29.8 Å². The number of benzene rings is 1. The lowest BCUT2D eigenvalue weighted by molar-refractivity contribution is -0.158. The number of carbonyl (C=O) groups is 4. The second kappa shape index (κ2) is 8.46. The highest BCUT2D eigenvalue weighted by molar-refractivity contribution is 6.01. The van der Waals surface area contributed by atoms with Gasteiger partial charge in [-0.3, -0.25) is 19.7 Å². The molecule has 26 heavy (non-hydrogen) atoms. The van der Waals surface area contributed by atoms with Gasteiger partial charge in [0.25, 0.3) is 5.91 Å². The first kappa shape index (κ1) is 19.4. The number of urea groups is 1. The van der Waals surface area contributed by atoms with Crippen molar-refractivity contribution in [1.29, 1.82) is 0 Å². The van der Waals surface area contributed by atoms with Crippen molar-refractivity contribution in [1.82, 2.24) is 10.6 Å². The molecular weight excluding hydrogens is 338 g/mol. The summed E-state index contributed by atoms with van der Waals surface area (Å²) in [5.41, 5.74) is 1.81. The van der Waals surface area contributed by atoms with Gasteiger partial charge in [0.2, 0.25) is 5.91 Å². The number of nitrogens with one attached hydrogen (secondary N) is 2. The molecule has 0 spiro atoms. The van der Waals surface area contributed by atoms with E-state index in [1.54, 1.807) is 4.90 Å². The summed E-state index contributed by atoms with van der Waals surface area (Å²) in [6.07, 6.45) is -0.334. The minimum absolute atomic E-state index is 0.0284. The van der Waals surface area contributed by atoms with Crippen molar-refractivity contribution in [2.24, 2.45) is 5.92 Å². The lowest BCUT2D eigenvalue weighted by atomic mass is 10.1. The molecule has 0 aliphatic carbocycles. The van der Waals surface area contributed by atoms with Crippen molar-refractivity contribution in [3.8, 4) is 0 Å². The van der Waals surface area contributed by atoms with Crippen LogP contribution in [0.2, 0.25) is 0 Å². The van der Waals surface area contributed by atoms with Gasteiger partial charge in [0.1, 0.15) is 0 Å². The third-order valence-corrected chi connectivity index (χ3v) is 4.25. The number of nitrogens with zero attached hydrogens (tertiary/aromatic N) is 1. The van der Waals surface area contributed by atoms with Crippen LogP contribution in [0.15, 0.2) is 24.3 Å². The molecule has 2 rings (SSSR count). The summed E-state index contributed by atoms with van der Waals surface area (Å²) in [6.45, 7) is 3.58. The van der Waals surface area contributed by atoms with Crippen LogP contribution in [0, 0.1) is 5.92 Å². The lowest BCUT2D eigenvalue weighted by Crippen LogP contribution is -2.44. The molecule has 0 aromatic heterocycles. The minimum Gasteiger partial charge on any atom is -0.452 e. The zero-order valence-corrected chi connectivity index (χ0v) is 15.1. The van der Waals surface area contributed by atoms with E-state index < -0.39 is 29.9 Å². The maximum absolute atomic E-state index is 12.3. The molecule has 4 amide bonds. The lowest BCUT2D eigenvalue weighted by Gasteiger charge is -2.20. The van der Waals surface area contributed by atoms with Gasteiger partial charge in [-0.2, -0.15) is 0 Å². The molecule has 0 unspecified atom stereocenters. The van der Waals surface area contributed by atoms with E-state index in [0.29, 0.717) is 0 Å². The predicted molar refractivity (Wildman–Crippen MR) is 94.4 cm³/mol. The van der Waals surface area contributed by atoms with Crippen LogP contribution in [-0.2, 0) is 25.5 Å². The van der Waals surface area contributed by atoms with Crippen LogP contribution in [0.1, 0.15) is 25.8 Å². The maximum Gasteiger partial charge on any atom is 0.321 e. The van der Waals surface area contributed by atoms with E-state index in [-0.39, 0.29) is 18.9 Å². The molecule has 1 aliphatic rings. The molecule has 1 aromatic carbocycles. The quantitative estimate of drug-likeness (QED) is 0.761. The Kier molecular flexibility index (Phi) is 6.32. The highest BCUT2D eigenvalue weighted by Gasteiger charge is 2.37. The molecule has 140 valence electrons. The Bertz CT molecular complexity index is 719. The summed E-state index contributed by atoms with van der Waals surface area (Å²) >= 11 is 0. The molecule has 2 atom stereocenters. The number of ether oxygens (including phenoxy) is 1. The number of esters is 1. The number of anilines is 1. The van der Waals surface area contributed by atoms with E-state index >= 15 is 0 Å². The number of rotatable bonds is 5. The molecule has 1 fully saturated rings. The fourth-order valence-electron chi connectivity index (χ4n) is 2.77. The number of aryl methyl sites for hydroxylation is 1. The Morgan fingerprint density at radius 2 is 2.00 bits per heavy atom. The molecular formula is C18H23N3O5. The largest absolute Gasteiger partial charge is 0.452 e. The predicted octanol–water partition coefficient (Wildman–Crippen LogP) is 0.989. The van der Waals surface area contributed by atoms with Crippen LogP contribution < -0.4 is 15.5 Å². The van der Waals surface area contributed by atoms with Gasteiger partial charge in [0.05, 0.1) is 5.92 Å². The minimum atomic E-state index is -1.13. The average molecular weight is 361 g/mol. The normalized spacial score (nSPS) is 17.6. The van der Waals surface area contributed by atoms with Crippen molar-refractivity contribution in [3.63, 3.8) is 0 Å². The summed E-state index contributed by atoms with van der Waals surface area (Å²) in [5, 5.41) is 4.28. The Hall–Kier alpha value is -2.90. The van der Waals surface area contributed by atoms with Gasteiger partial charge in [-0.1, -0.05) is 25.1 Å². The molecule has 0 radical (unpaired) electrons. The van der Waals surface area contributed by atoms with Gasteiger partial charge in [-0.15, -0.1) is 0 Å². The van der Waals surface area contributed by atoms with Crippen LogP contribution in [-0.4, -0.2) is 43.5 Å². The second-order valence-electron chi connectivity index (χ2n) is 6.04. The first-order valence-corrected chi connectivity index (χ1v) is 8.48. The molecule has 1 saturated heterocycles. The summed E-state index contributed by atoms with van der Waals surface area (Å²) < 4.78 is 5.12. The van der Waals surface area contributed by atoms with Crippen LogP contribution >= 0.6 is 0 Å². The van der Waals surface area contributed by atoms with Gasteiger partial charge >= 0.3 is 12.0 Å². The maximum atomic E-state index is 12.3. The molecule has 1 aromatic rings. The van der Waals surface area contributed by atoms with Crippen LogP contribution in [0.5, 0.6) is 0 Å². The topological polar surface area (TPSA) is 105 Å². The Morgan fingerprint density at radius 3 is 2.65 bits per heavy atom. The van der Waals surface area contributed by atoms with Gasteiger partial charge < -0.3 is 15.0 Å². The summed E-state index contributed by atoms with van der Waals surface area (Å²) in [7, 11) is 1.37. The third-order valence-electron chi connectivity index (χ3n) is 4.25. The van der Waals surface area contributed by atoms with E-state index in [1.165, 1.54) is 14.0 Å². The Morgan fingerprint density at radius 1 is 1.31 bits per heavy atom. The van der Waals surface area contributed by atoms with E-state index in [9.17, 15) is 19.2 Å². The van der Waals surface area contributed by atoms with Crippen LogP contribution in [0.25, 0.3) is 0 Å². The zero-order chi connectivity index (χ0) is 19.3. The first-order valence-electron chi connectivity index (χ1n) is 8.48. The summed E-state index contributed by atoms with van der Waals surface area (Å²) in [4.78, 5) is 49.1. The zero-order valence-electron chi connectivity index (χ0n) is 15.1. The molecule has 1 aliphatic heterocycles. The van der Waals surface area contributed by atoms with Crippen molar-refractivity contribution in [2.45, 2.75) is 32.8 Å². The number of imide groups is 1. The number of para-hydroxylation sites is 1. The third kappa shape index (κ3) is 4.38. The number of amides is 4. The standard InChI is InChI=1S/C18H23N3O5/c1-4-12-7-5-6-8-14(12)21-10-13(9-15(21)22)17(24)26-11(2)16(23)20-18(25)19-3/h5-8,11,13H,4,9-10H2,1-3H3,(H2,19,20,23,25)/t11-,13+/m1/s1. The van der Waals surface area contributed by atoms with Gasteiger partial charge in [-0.25, -0.2) is 4.79 Å². The van der Waals surface area contributed by atoms with Crippen molar-refractivity contribution < 1.29 is 23.9 Å². The summed E-state index contributed by atoms with van der Waals surface area (Å²) in [6, 6.07) is 6.86. The average Bonchev–Trinajstić information content (AvgIpc) is 3.03. The monoisotopic (exact) mass is 361 g/mol. The second-order valence-corrected chi connectivity index (χ2v) is 6.04. The smallest absolute Gasteiger partial charge is 0.321 e. The molecule has 1 heterocycles. The molecule has 8 heteroatoms. The van der Waals surface area contributed by atoms with Gasteiger partial charge in [0, 0.05) is 25.7 Å². The fourth-order valence-corrected chi connectivity index (χ4v) is 2.77. The SMILES string of the molecule is CCc1ccccc1N1C[C@@H](C(=O)O[C@H](C)C(=O)NC(=O)NC)CC1=O. The van der Waals surface area contributed by atoms with Crippen molar-refractivity contribution >= 4 is 29.5 Å².